The Morgan fingerprint density at radius 2 is 1.94 bits per heavy atom. The minimum atomic E-state index is 0.175. The van der Waals surface area contributed by atoms with Crippen molar-refractivity contribution in [1.82, 2.24) is 5.32 Å². The molecular weight excluding hydrogens is 220 g/mol. The molecule has 1 N–H and O–H groups in total. The lowest BCUT2D eigenvalue weighted by molar-refractivity contribution is 0.368. The van der Waals surface area contributed by atoms with Crippen LogP contribution in [-0.2, 0) is 0 Å². The van der Waals surface area contributed by atoms with Crippen molar-refractivity contribution < 1.29 is 0 Å². The molecule has 1 aliphatic heterocycles. The molecule has 1 unspecified atom stereocenters. The average Bonchev–Trinajstić information content (AvgIpc) is 2.40. The molecule has 0 saturated carbocycles. The first-order valence-electron chi connectivity index (χ1n) is 6.97. The van der Waals surface area contributed by atoms with Gasteiger partial charge >= 0.3 is 0 Å². The monoisotopic (exact) mass is 246 g/mol. The van der Waals surface area contributed by atoms with E-state index in [1.807, 2.05) is 0 Å². The van der Waals surface area contributed by atoms with Crippen molar-refractivity contribution in [2.45, 2.75) is 52.6 Å². The first-order chi connectivity index (χ1) is 8.37. The summed E-state index contributed by atoms with van der Waals surface area (Å²) < 4.78 is 0. The zero-order chi connectivity index (χ0) is 13.3. The zero-order valence-electron chi connectivity index (χ0n) is 12.4. The molecule has 18 heavy (non-hydrogen) atoms. The predicted octanol–water partition coefficient (Wildman–Crippen LogP) is 3.27. The van der Waals surface area contributed by atoms with E-state index in [1.165, 1.54) is 23.2 Å². The van der Waals surface area contributed by atoms with Gasteiger partial charge in [0.05, 0.1) is 0 Å². The van der Waals surface area contributed by atoms with Crippen molar-refractivity contribution in [3.05, 3.63) is 29.3 Å². The van der Waals surface area contributed by atoms with Crippen molar-refractivity contribution in [2.75, 3.05) is 18.0 Å². The van der Waals surface area contributed by atoms with E-state index < -0.39 is 0 Å². The number of nitrogens with one attached hydrogen (secondary N) is 1. The molecule has 100 valence electrons. The molecule has 2 rings (SSSR count). The van der Waals surface area contributed by atoms with Crippen molar-refractivity contribution in [2.24, 2.45) is 0 Å². The summed E-state index contributed by atoms with van der Waals surface area (Å²) in [6.45, 7) is 13.5. The van der Waals surface area contributed by atoms with Gasteiger partial charge in [-0.1, -0.05) is 6.07 Å². The number of hydrogen-bond acceptors (Lipinski definition) is 2. The number of benzene rings is 1. The Bertz CT molecular complexity index is 423. The lowest BCUT2D eigenvalue weighted by Gasteiger charge is -2.32. The second-order valence-corrected chi connectivity index (χ2v) is 6.41. The smallest absolute Gasteiger partial charge is 0.0369 e. The van der Waals surface area contributed by atoms with E-state index in [-0.39, 0.29) is 5.54 Å². The molecule has 1 aromatic carbocycles. The topological polar surface area (TPSA) is 15.3 Å². The highest BCUT2D eigenvalue weighted by molar-refractivity contribution is 5.51. The first kappa shape index (κ1) is 13.4. The summed E-state index contributed by atoms with van der Waals surface area (Å²) in [7, 11) is 0. The van der Waals surface area contributed by atoms with Crippen LogP contribution in [0.2, 0.25) is 0 Å². The highest BCUT2D eigenvalue weighted by Gasteiger charge is 2.27. The Kier molecular flexibility index (Phi) is 3.67. The summed E-state index contributed by atoms with van der Waals surface area (Å²) in [5.41, 5.74) is 4.30. The predicted molar refractivity (Wildman–Crippen MR) is 79.4 cm³/mol. The minimum absolute atomic E-state index is 0.175. The van der Waals surface area contributed by atoms with Gasteiger partial charge in [0.25, 0.3) is 0 Å². The molecule has 1 heterocycles. The van der Waals surface area contributed by atoms with Crippen LogP contribution in [0.3, 0.4) is 0 Å². The standard InChI is InChI=1S/C16H26N2/c1-12-6-7-15(10-13(12)2)18-9-8-14(3)17-16(4,5)11-18/h6-7,10,14,17H,8-9,11H2,1-5H3. The van der Waals surface area contributed by atoms with Crippen LogP contribution in [0, 0.1) is 13.8 Å². The van der Waals surface area contributed by atoms with E-state index in [2.05, 4.69) is 63.0 Å². The summed E-state index contributed by atoms with van der Waals surface area (Å²) in [6, 6.07) is 7.41. The van der Waals surface area contributed by atoms with E-state index in [9.17, 15) is 0 Å². The highest BCUT2D eigenvalue weighted by atomic mass is 15.2. The quantitative estimate of drug-likeness (QED) is 0.818. The van der Waals surface area contributed by atoms with Gasteiger partial charge in [0.2, 0.25) is 0 Å². The molecular formula is C16H26N2. The first-order valence-corrected chi connectivity index (χ1v) is 6.97. The Morgan fingerprint density at radius 3 is 2.61 bits per heavy atom. The second-order valence-electron chi connectivity index (χ2n) is 6.41. The van der Waals surface area contributed by atoms with Crippen LogP contribution in [0.15, 0.2) is 18.2 Å². The molecule has 1 atom stereocenters. The number of rotatable bonds is 1. The maximum absolute atomic E-state index is 3.70. The molecule has 0 aliphatic carbocycles. The summed E-state index contributed by atoms with van der Waals surface area (Å²) >= 11 is 0. The van der Waals surface area contributed by atoms with Crippen LogP contribution in [0.4, 0.5) is 5.69 Å². The number of aryl methyl sites for hydroxylation is 2. The molecule has 1 aromatic rings. The molecule has 2 heteroatoms. The Balaban J connectivity index is 2.23. The van der Waals surface area contributed by atoms with Crippen molar-refractivity contribution in [3.63, 3.8) is 0 Å². The van der Waals surface area contributed by atoms with E-state index in [4.69, 9.17) is 0 Å². The molecule has 1 saturated heterocycles. The lowest BCUT2D eigenvalue weighted by atomic mass is 10.0. The van der Waals surface area contributed by atoms with Gasteiger partial charge in [0, 0.05) is 30.4 Å². The Hall–Kier alpha value is -1.02. The molecule has 1 fully saturated rings. The molecule has 1 aliphatic rings. The third-order valence-electron chi connectivity index (χ3n) is 3.91. The van der Waals surface area contributed by atoms with E-state index in [0.717, 1.165) is 13.1 Å². The molecule has 2 nitrogen and oxygen atoms in total. The van der Waals surface area contributed by atoms with Crippen LogP contribution < -0.4 is 10.2 Å². The largest absolute Gasteiger partial charge is 0.370 e. The van der Waals surface area contributed by atoms with Gasteiger partial charge in [-0.3, -0.25) is 0 Å². The maximum Gasteiger partial charge on any atom is 0.0369 e. The number of nitrogens with zero attached hydrogens (tertiary/aromatic N) is 1. The molecule has 0 spiro atoms. The van der Waals surface area contributed by atoms with Gasteiger partial charge in [-0.05, 0) is 64.3 Å². The van der Waals surface area contributed by atoms with Crippen molar-refractivity contribution in [3.8, 4) is 0 Å². The second kappa shape index (κ2) is 4.93. The molecule has 0 radical (unpaired) electrons. The minimum Gasteiger partial charge on any atom is -0.370 e. The van der Waals surface area contributed by atoms with Crippen molar-refractivity contribution >= 4 is 5.69 Å². The molecule has 0 aromatic heterocycles. The highest BCUT2D eigenvalue weighted by Crippen LogP contribution is 2.23. The van der Waals surface area contributed by atoms with E-state index in [1.54, 1.807) is 0 Å². The maximum atomic E-state index is 3.70. The van der Waals surface area contributed by atoms with Gasteiger partial charge in [-0.2, -0.15) is 0 Å². The van der Waals surface area contributed by atoms with Crippen LogP contribution in [0.25, 0.3) is 0 Å². The van der Waals surface area contributed by atoms with Crippen LogP contribution >= 0.6 is 0 Å². The van der Waals surface area contributed by atoms with Gasteiger partial charge in [0.15, 0.2) is 0 Å². The van der Waals surface area contributed by atoms with E-state index >= 15 is 0 Å². The van der Waals surface area contributed by atoms with Gasteiger partial charge in [-0.15, -0.1) is 0 Å². The fraction of sp³-hybridized carbons (Fsp3) is 0.625. The SMILES string of the molecule is Cc1ccc(N2CCC(C)NC(C)(C)C2)cc1C. The van der Waals surface area contributed by atoms with Crippen LogP contribution in [0.5, 0.6) is 0 Å². The normalized spacial score (nSPS) is 23.8. The Morgan fingerprint density at radius 1 is 1.22 bits per heavy atom. The number of anilines is 1. The van der Waals surface area contributed by atoms with Gasteiger partial charge in [0.1, 0.15) is 0 Å². The zero-order valence-corrected chi connectivity index (χ0v) is 12.4. The average molecular weight is 246 g/mol. The summed E-state index contributed by atoms with van der Waals surface area (Å²) in [4.78, 5) is 2.52. The van der Waals surface area contributed by atoms with E-state index in [0.29, 0.717) is 6.04 Å². The molecule has 0 bridgehead atoms. The lowest BCUT2D eigenvalue weighted by Crippen LogP contribution is -2.48. The van der Waals surface area contributed by atoms with Crippen molar-refractivity contribution in [1.29, 1.82) is 0 Å². The molecule has 0 amide bonds. The van der Waals surface area contributed by atoms with Gasteiger partial charge in [-0.25, -0.2) is 0 Å². The fourth-order valence-corrected chi connectivity index (χ4v) is 2.83. The van der Waals surface area contributed by atoms with Gasteiger partial charge < -0.3 is 10.2 Å². The fourth-order valence-electron chi connectivity index (χ4n) is 2.83. The van der Waals surface area contributed by atoms with Crippen LogP contribution in [-0.4, -0.2) is 24.7 Å². The van der Waals surface area contributed by atoms with Crippen LogP contribution in [0.1, 0.15) is 38.3 Å². The third-order valence-corrected chi connectivity index (χ3v) is 3.91. The third kappa shape index (κ3) is 3.05. The summed E-state index contributed by atoms with van der Waals surface area (Å²) in [5, 5.41) is 3.70. The summed E-state index contributed by atoms with van der Waals surface area (Å²) in [5.74, 6) is 0. The number of hydrogen-bond donors (Lipinski definition) is 1. The summed E-state index contributed by atoms with van der Waals surface area (Å²) in [6.07, 6.45) is 1.20. The Labute approximate surface area is 111 Å².